The number of halogens is 4. The first-order valence-electron chi connectivity index (χ1n) is 6.52. The van der Waals surface area contributed by atoms with Crippen LogP contribution in [0.3, 0.4) is 0 Å². The molecule has 5 heteroatoms. The van der Waals surface area contributed by atoms with Crippen molar-refractivity contribution in [1.82, 2.24) is 5.32 Å². The summed E-state index contributed by atoms with van der Waals surface area (Å²) in [5.74, 6) is 0. The van der Waals surface area contributed by atoms with Crippen LogP contribution in [-0.2, 0) is 6.54 Å². The molecule has 0 aliphatic heterocycles. The van der Waals surface area contributed by atoms with Gasteiger partial charge in [-0.2, -0.15) is 0 Å². The number of benzene rings is 2. The molecule has 0 spiro atoms. The first-order valence-corrected chi connectivity index (χ1v) is 7.28. The minimum absolute atomic E-state index is 0.00928. The van der Waals surface area contributed by atoms with Crippen LogP contribution < -0.4 is 5.32 Å². The van der Waals surface area contributed by atoms with Gasteiger partial charge in [0, 0.05) is 28.2 Å². The Balaban J connectivity index is 2.03. The van der Waals surface area contributed by atoms with Crippen LogP contribution in [0.15, 0.2) is 42.5 Å². The SMILES string of the molecule is CC(NCc1cccc(C(F)F)c1)c1ccc(Cl)cc1Cl. The molecule has 0 radical (unpaired) electrons. The third-order valence-corrected chi connectivity index (χ3v) is 3.81. The van der Waals surface area contributed by atoms with E-state index in [1.165, 1.54) is 12.1 Å². The Morgan fingerprint density at radius 2 is 1.86 bits per heavy atom. The van der Waals surface area contributed by atoms with Gasteiger partial charge in [-0.25, -0.2) is 8.78 Å². The third-order valence-electron chi connectivity index (χ3n) is 3.24. The van der Waals surface area contributed by atoms with Crippen LogP contribution >= 0.6 is 23.2 Å². The molecule has 0 amide bonds. The van der Waals surface area contributed by atoms with E-state index in [1.54, 1.807) is 18.2 Å². The number of rotatable bonds is 5. The maximum absolute atomic E-state index is 12.7. The standard InChI is InChI=1S/C16H15Cl2F2N/c1-10(14-6-5-13(17)8-15(14)18)21-9-11-3-2-4-12(7-11)16(19)20/h2-8,10,16,21H,9H2,1H3. The highest BCUT2D eigenvalue weighted by Gasteiger charge is 2.11. The number of alkyl halides is 2. The van der Waals surface area contributed by atoms with Crippen molar-refractivity contribution in [2.45, 2.75) is 25.9 Å². The van der Waals surface area contributed by atoms with Gasteiger partial charge in [-0.05, 0) is 36.2 Å². The second-order valence-electron chi connectivity index (χ2n) is 4.81. The zero-order valence-corrected chi connectivity index (χ0v) is 12.9. The molecule has 0 aliphatic carbocycles. The molecule has 0 fully saturated rings. The van der Waals surface area contributed by atoms with Gasteiger partial charge in [-0.15, -0.1) is 0 Å². The van der Waals surface area contributed by atoms with Gasteiger partial charge >= 0.3 is 0 Å². The van der Waals surface area contributed by atoms with Crippen molar-refractivity contribution < 1.29 is 8.78 Å². The van der Waals surface area contributed by atoms with Crippen molar-refractivity contribution in [3.05, 3.63) is 69.2 Å². The van der Waals surface area contributed by atoms with E-state index in [9.17, 15) is 8.78 Å². The largest absolute Gasteiger partial charge is 0.306 e. The molecule has 1 atom stereocenters. The highest BCUT2D eigenvalue weighted by molar-refractivity contribution is 6.35. The molecule has 2 rings (SSSR count). The van der Waals surface area contributed by atoms with E-state index in [1.807, 2.05) is 19.1 Å². The Bertz CT molecular complexity index is 617. The Morgan fingerprint density at radius 1 is 1.10 bits per heavy atom. The molecular formula is C16H15Cl2F2N. The fourth-order valence-corrected chi connectivity index (χ4v) is 2.64. The smallest absolute Gasteiger partial charge is 0.263 e. The van der Waals surface area contributed by atoms with E-state index in [0.29, 0.717) is 16.6 Å². The van der Waals surface area contributed by atoms with Crippen LogP contribution in [0.1, 0.15) is 36.1 Å². The number of hydrogen-bond acceptors (Lipinski definition) is 1. The zero-order chi connectivity index (χ0) is 15.4. The van der Waals surface area contributed by atoms with Crippen LogP contribution in [0.2, 0.25) is 10.0 Å². The monoisotopic (exact) mass is 329 g/mol. The summed E-state index contributed by atoms with van der Waals surface area (Å²) in [6, 6.07) is 11.7. The molecule has 2 aromatic carbocycles. The summed E-state index contributed by atoms with van der Waals surface area (Å²) in [6.45, 7) is 2.45. The summed E-state index contributed by atoms with van der Waals surface area (Å²) >= 11 is 12.0. The second-order valence-corrected chi connectivity index (χ2v) is 5.66. The summed E-state index contributed by atoms with van der Waals surface area (Å²) in [7, 11) is 0. The van der Waals surface area contributed by atoms with E-state index in [0.717, 1.165) is 11.1 Å². The van der Waals surface area contributed by atoms with E-state index in [2.05, 4.69) is 5.32 Å². The van der Waals surface area contributed by atoms with Gasteiger partial charge in [0.1, 0.15) is 0 Å². The molecular weight excluding hydrogens is 315 g/mol. The topological polar surface area (TPSA) is 12.0 Å². The molecule has 0 saturated heterocycles. The number of nitrogens with one attached hydrogen (secondary N) is 1. The Kier molecular flexibility index (Phi) is 5.57. The van der Waals surface area contributed by atoms with Crippen molar-refractivity contribution in [3.8, 4) is 0 Å². The lowest BCUT2D eigenvalue weighted by atomic mass is 10.1. The van der Waals surface area contributed by atoms with Gasteiger partial charge in [0.05, 0.1) is 0 Å². The summed E-state index contributed by atoms with van der Waals surface area (Å²) in [6.07, 6.45) is -2.45. The Hall–Kier alpha value is -1.16. The highest BCUT2D eigenvalue weighted by atomic mass is 35.5. The Labute approximate surface area is 132 Å². The van der Waals surface area contributed by atoms with Crippen LogP contribution in [0.5, 0.6) is 0 Å². The summed E-state index contributed by atoms with van der Waals surface area (Å²) in [5, 5.41) is 4.44. The summed E-state index contributed by atoms with van der Waals surface area (Å²) in [4.78, 5) is 0. The van der Waals surface area contributed by atoms with E-state index in [4.69, 9.17) is 23.2 Å². The van der Waals surface area contributed by atoms with E-state index < -0.39 is 6.43 Å². The molecule has 1 N–H and O–H groups in total. The quantitative estimate of drug-likeness (QED) is 0.732. The number of hydrogen-bond donors (Lipinski definition) is 1. The molecule has 21 heavy (non-hydrogen) atoms. The van der Waals surface area contributed by atoms with Gasteiger partial charge in [-0.1, -0.05) is 47.5 Å². The maximum atomic E-state index is 12.7. The van der Waals surface area contributed by atoms with Crippen LogP contribution in [0.25, 0.3) is 0 Å². The van der Waals surface area contributed by atoms with Gasteiger partial charge in [0.2, 0.25) is 0 Å². The van der Waals surface area contributed by atoms with Crippen LogP contribution in [-0.4, -0.2) is 0 Å². The van der Waals surface area contributed by atoms with Crippen molar-refractivity contribution in [2.75, 3.05) is 0 Å². The normalized spacial score (nSPS) is 12.7. The lowest BCUT2D eigenvalue weighted by Crippen LogP contribution is -2.18. The first kappa shape index (κ1) is 16.2. The van der Waals surface area contributed by atoms with Crippen molar-refractivity contribution in [3.63, 3.8) is 0 Å². The zero-order valence-electron chi connectivity index (χ0n) is 11.4. The first-order chi connectivity index (χ1) is 9.97. The predicted molar refractivity (Wildman–Crippen MR) is 83.1 cm³/mol. The average Bonchev–Trinajstić information content (AvgIpc) is 2.45. The summed E-state index contributed by atoms with van der Waals surface area (Å²) in [5.41, 5.74) is 1.77. The molecule has 1 unspecified atom stereocenters. The fraction of sp³-hybridized carbons (Fsp3) is 0.250. The molecule has 0 aliphatic rings. The van der Waals surface area contributed by atoms with Crippen molar-refractivity contribution in [1.29, 1.82) is 0 Å². The lowest BCUT2D eigenvalue weighted by Gasteiger charge is -2.16. The van der Waals surface area contributed by atoms with E-state index in [-0.39, 0.29) is 11.6 Å². The molecule has 0 aromatic heterocycles. The minimum Gasteiger partial charge on any atom is -0.306 e. The van der Waals surface area contributed by atoms with Crippen LogP contribution in [0.4, 0.5) is 8.78 Å². The van der Waals surface area contributed by atoms with Gasteiger partial charge in [0.15, 0.2) is 0 Å². The maximum Gasteiger partial charge on any atom is 0.263 e. The molecule has 0 saturated carbocycles. The fourth-order valence-electron chi connectivity index (χ4n) is 2.07. The third kappa shape index (κ3) is 4.40. The molecule has 2 aromatic rings. The highest BCUT2D eigenvalue weighted by Crippen LogP contribution is 2.26. The van der Waals surface area contributed by atoms with Crippen molar-refractivity contribution in [2.24, 2.45) is 0 Å². The molecule has 112 valence electrons. The van der Waals surface area contributed by atoms with E-state index >= 15 is 0 Å². The predicted octanol–water partition coefficient (Wildman–Crippen LogP) is 5.78. The van der Waals surface area contributed by atoms with Gasteiger partial charge < -0.3 is 5.32 Å². The van der Waals surface area contributed by atoms with Gasteiger partial charge in [-0.3, -0.25) is 0 Å². The summed E-state index contributed by atoms with van der Waals surface area (Å²) < 4.78 is 25.3. The van der Waals surface area contributed by atoms with Crippen molar-refractivity contribution >= 4 is 23.2 Å². The Morgan fingerprint density at radius 3 is 2.52 bits per heavy atom. The molecule has 0 bridgehead atoms. The second kappa shape index (κ2) is 7.21. The average molecular weight is 330 g/mol. The van der Waals surface area contributed by atoms with Gasteiger partial charge in [0.25, 0.3) is 6.43 Å². The van der Waals surface area contributed by atoms with Crippen LogP contribution in [0, 0.1) is 0 Å². The lowest BCUT2D eigenvalue weighted by molar-refractivity contribution is 0.151. The minimum atomic E-state index is -2.45. The molecule has 0 heterocycles. The molecule has 1 nitrogen and oxygen atoms in total.